The van der Waals surface area contributed by atoms with Crippen LogP contribution in [0.5, 0.6) is 11.5 Å². The lowest BCUT2D eigenvalue weighted by molar-refractivity contribution is 0.450. The molecule has 0 atom stereocenters. The van der Waals surface area contributed by atoms with Crippen LogP contribution < -0.4 is 0 Å². The largest absolute Gasteiger partial charge is 0.508 e. The molecule has 0 heterocycles. The Hall–Kier alpha value is -2.29. The van der Waals surface area contributed by atoms with Gasteiger partial charge in [-0.1, -0.05) is 17.7 Å². The van der Waals surface area contributed by atoms with Crippen molar-refractivity contribution in [2.75, 3.05) is 0 Å². The molecule has 2 rings (SSSR count). The molecule has 0 saturated carbocycles. The van der Waals surface area contributed by atoms with Crippen molar-refractivity contribution in [2.24, 2.45) is 4.99 Å². The van der Waals surface area contributed by atoms with E-state index >= 15 is 0 Å². The van der Waals surface area contributed by atoms with Gasteiger partial charge in [-0.05, 0) is 31.2 Å². The van der Waals surface area contributed by atoms with E-state index in [0.717, 1.165) is 5.69 Å². The zero-order valence-corrected chi connectivity index (χ0v) is 9.46. The molecule has 0 aromatic heterocycles. The van der Waals surface area contributed by atoms with Crippen molar-refractivity contribution < 1.29 is 10.2 Å². The van der Waals surface area contributed by atoms with Crippen LogP contribution in [0.3, 0.4) is 0 Å². The lowest BCUT2D eigenvalue weighted by Gasteiger charge is -1.99. The van der Waals surface area contributed by atoms with Gasteiger partial charge in [0.2, 0.25) is 0 Å². The zero-order chi connectivity index (χ0) is 12.3. The van der Waals surface area contributed by atoms with Gasteiger partial charge in [0.15, 0.2) is 0 Å². The highest BCUT2D eigenvalue weighted by atomic mass is 16.3. The first-order valence-electron chi connectivity index (χ1n) is 5.28. The minimum atomic E-state index is 0.0147. The van der Waals surface area contributed by atoms with Crippen LogP contribution in [0, 0.1) is 6.92 Å². The van der Waals surface area contributed by atoms with Crippen molar-refractivity contribution in [3.63, 3.8) is 0 Å². The summed E-state index contributed by atoms with van der Waals surface area (Å²) in [6.45, 7) is 2.01. The fourth-order valence-electron chi connectivity index (χ4n) is 1.42. The Balaban J connectivity index is 2.23. The molecule has 2 aromatic carbocycles. The minimum absolute atomic E-state index is 0.0147. The molecule has 0 amide bonds. The second-order valence-electron chi connectivity index (χ2n) is 3.84. The van der Waals surface area contributed by atoms with E-state index in [9.17, 15) is 5.11 Å². The van der Waals surface area contributed by atoms with E-state index in [1.165, 1.54) is 17.7 Å². The smallest absolute Gasteiger partial charge is 0.128 e. The minimum Gasteiger partial charge on any atom is -0.508 e. The van der Waals surface area contributed by atoms with Gasteiger partial charge in [0.1, 0.15) is 11.5 Å². The van der Waals surface area contributed by atoms with Crippen LogP contribution in [0.4, 0.5) is 5.69 Å². The van der Waals surface area contributed by atoms with E-state index < -0.39 is 0 Å². The number of nitrogens with zero attached hydrogens (tertiary/aromatic N) is 1. The lowest BCUT2D eigenvalue weighted by Crippen LogP contribution is -1.81. The SMILES string of the molecule is Cc1ccc(N=Cc2ccc(O)cc2O)cc1. The summed E-state index contributed by atoms with van der Waals surface area (Å²) in [4.78, 5) is 4.24. The molecule has 0 aliphatic carbocycles. The Morgan fingerprint density at radius 3 is 2.35 bits per heavy atom. The van der Waals surface area contributed by atoms with E-state index in [-0.39, 0.29) is 11.5 Å². The average molecular weight is 227 g/mol. The van der Waals surface area contributed by atoms with Gasteiger partial charge in [-0.25, -0.2) is 0 Å². The van der Waals surface area contributed by atoms with Gasteiger partial charge < -0.3 is 10.2 Å². The van der Waals surface area contributed by atoms with Crippen molar-refractivity contribution in [3.8, 4) is 11.5 Å². The van der Waals surface area contributed by atoms with E-state index in [1.807, 2.05) is 31.2 Å². The first-order valence-corrected chi connectivity index (χ1v) is 5.28. The molecule has 0 bridgehead atoms. The summed E-state index contributed by atoms with van der Waals surface area (Å²) in [6.07, 6.45) is 1.57. The summed E-state index contributed by atoms with van der Waals surface area (Å²) in [5.41, 5.74) is 2.57. The number of phenols is 2. The fourth-order valence-corrected chi connectivity index (χ4v) is 1.42. The van der Waals surface area contributed by atoms with Gasteiger partial charge in [0.25, 0.3) is 0 Å². The molecule has 3 heteroatoms. The van der Waals surface area contributed by atoms with Crippen LogP contribution in [0.15, 0.2) is 47.5 Å². The Morgan fingerprint density at radius 2 is 1.71 bits per heavy atom. The lowest BCUT2D eigenvalue weighted by atomic mass is 10.2. The highest BCUT2D eigenvalue weighted by Crippen LogP contribution is 2.21. The van der Waals surface area contributed by atoms with Gasteiger partial charge in [-0.15, -0.1) is 0 Å². The molecular weight excluding hydrogens is 214 g/mol. The maximum absolute atomic E-state index is 9.56. The molecular formula is C14H13NO2. The molecule has 3 nitrogen and oxygen atoms in total. The third kappa shape index (κ3) is 2.84. The summed E-state index contributed by atoms with van der Waals surface area (Å²) >= 11 is 0. The third-order valence-electron chi connectivity index (χ3n) is 2.40. The molecule has 17 heavy (non-hydrogen) atoms. The Bertz CT molecular complexity index is 545. The predicted octanol–water partition coefficient (Wildman–Crippen LogP) is 3.16. The number of aliphatic imine (C=N–C) groups is 1. The molecule has 0 unspecified atom stereocenters. The number of benzene rings is 2. The van der Waals surface area contributed by atoms with E-state index in [2.05, 4.69) is 4.99 Å². The molecule has 0 aliphatic heterocycles. The van der Waals surface area contributed by atoms with Crippen molar-refractivity contribution in [1.29, 1.82) is 0 Å². The Kier molecular flexibility index (Phi) is 3.10. The number of hydrogen-bond acceptors (Lipinski definition) is 3. The van der Waals surface area contributed by atoms with Gasteiger partial charge >= 0.3 is 0 Å². The molecule has 0 saturated heterocycles. The van der Waals surface area contributed by atoms with Crippen molar-refractivity contribution in [1.82, 2.24) is 0 Å². The number of hydrogen-bond donors (Lipinski definition) is 2. The van der Waals surface area contributed by atoms with E-state index in [0.29, 0.717) is 5.56 Å². The van der Waals surface area contributed by atoms with Crippen LogP contribution in [-0.2, 0) is 0 Å². The van der Waals surface area contributed by atoms with Gasteiger partial charge in [0, 0.05) is 17.8 Å². The maximum Gasteiger partial charge on any atom is 0.128 e. The molecule has 0 radical (unpaired) electrons. The van der Waals surface area contributed by atoms with Crippen molar-refractivity contribution >= 4 is 11.9 Å². The molecule has 0 spiro atoms. The summed E-state index contributed by atoms with van der Waals surface area (Å²) in [5.74, 6) is 0.0517. The van der Waals surface area contributed by atoms with Gasteiger partial charge in [0.05, 0.1) is 5.69 Å². The van der Waals surface area contributed by atoms with Gasteiger partial charge in [-0.2, -0.15) is 0 Å². The van der Waals surface area contributed by atoms with Crippen LogP contribution >= 0.6 is 0 Å². The number of aromatic hydroxyl groups is 2. The molecule has 0 aliphatic rings. The fraction of sp³-hybridized carbons (Fsp3) is 0.0714. The summed E-state index contributed by atoms with van der Waals surface area (Å²) in [7, 11) is 0. The molecule has 86 valence electrons. The van der Waals surface area contributed by atoms with E-state index in [1.54, 1.807) is 12.3 Å². The monoisotopic (exact) mass is 227 g/mol. The van der Waals surface area contributed by atoms with Crippen LogP contribution in [0.2, 0.25) is 0 Å². The second kappa shape index (κ2) is 4.70. The standard InChI is InChI=1S/C14H13NO2/c1-10-2-5-12(6-3-10)15-9-11-4-7-13(16)8-14(11)17/h2-9,16-17H,1H3. The summed E-state index contributed by atoms with van der Waals surface area (Å²) in [5, 5.41) is 18.7. The number of aryl methyl sites for hydroxylation is 1. The van der Waals surface area contributed by atoms with Crippen LogP contribution in [-0.4, -0.2) is 16.4 Å². The predicted molar refractivity (Wildman–Crippen MR) is 68.2 cm³/mol. The topological polar surface area (TPSA) is 52.8 Å². The molecule has 2 N–H and O–H groups in total. The Labute approximate surface area is 99.7 Å². The highest BCUT2D eigenvalue weighted by Gasteiger charge is 1.98. The second-order valence-corrected chi connectivity index (χ2v) is 3.84. The van der Waals surface area contributed by atoms with E-state index in [4.69, 9.17) is 5.11 Å². The average Bonchev–Trinajstić information content (AvgIpc) is 2.30. The molecule has 0 fully saturated rings. The van der Waals surface area contributed by atoms with Crippen molar-refractivity contribution in [3.05, 3.63) is 53.6 Å². The van der Waals surface area contributed by atoms with Crippen LogP contribution in [0.25, 0.3) is 0 Å². The first kappa shape index (κ1) is 11.2. The Morgan fingerprint density at radius 1 is 1.00 bits per heavy atom. The third-order valence-corrected chi connectivity index (χ3v) is 2.40. The normalized spacial score (nSPS) is 10.9. The molecule has 2 aromatic rings. The summed E-state index contributed by atoms with van der Waals surface area (Å²) in [6, 6.07) is 12.2. The highest BCUT2D eigenvalue weighted by molar-refractivity contribution is 5.85. The quantitative estimate of drug-likeness (QED) is 0.774. The number of phenolic OH excluding ortho intramolecular Hbond substituents is 2. The van der Waals surface area contributed by atoms with Crippen molar-refractivity contribution in [2.45, 2.75) is 6.92 Å². The maximum atomic E-state index is 9.56. The van der Waals surface area contributed by atoms with Gasteiger partial charge in [-0.3, -0.25) is 4.99 Å². The first-order chi connectivity index (χ1) is 8.15. The summed E-state index contributed by atoms with van der Waals surface area (Å²) < 4.78 is 0. The van der Waals surface area contributed by atoms with Crippen LogP contribution in [0.1, 0.15) is 11.1 Å². The number of rotatable bonds is 2. The zero-order valence-electron chi connectivity index (χ0n) is 9.46.